The molecule has 0 bridgehead atoms. The lowest BCUT2D eigenvalue weighted by Crippen LogP contribution is -2.17. The number of hydrogen-bond acceptors (Lipinski definition) is 4. The molecule has 0 fully saturated rings. The molecule has 30 heavy (non-hydrogen) atoms. The van der Waals surface area contributed by atoms with Gasteiger partial charge in [-0.1, -0.05) is 54.1 Å². The third-order valence-electron chi connectivity index (χ3n) is 5.62. The maximum absolute atomic E-state index is 14.0. The van der Waals surface area contributed by atoms with Gasteiger partial charge in [0.15, 0.2) is 0 Å². The van der Waals surface area contributed by atoms with Gasteiger partial charge in [0.05, 0.1) is 6.21 Å². The van der Waals surface area contributed by atoms with Gasteiger partial charge >= 0.3 is 0 Å². The number of aryl methyl sites for hydroxylation is 1. The van der Waals surface area contributed by atoms with Gasteiger partial charge in [0.1, 0.15) is 5.82 Å². The molecule has 0 heterocycles. The third-order valence-corrected chi connectivity index (χ3v) is 5.62. The molecular weight excluding hydrogens is 375 g/mol. The van der Waals surface area contributed by atoms with Crippen molar-refractivity contribution >= 4 is 17.6 Å². The second-order valence-electron chi connectivity index (χ2n) is 7.63. The first-order chi connectivity index (χ1) is 14.6. The molecule has 4 rings (SSSR count). The Morgan fingerprint density at radius 2 is 1.87 bits per heavy atom. The number of benzene rings is 3. The maximum atomic E-state index is 14.0. The van der Waals surface area contributed by atoms with Crippen LogP contribution in [0.5, 0.6) is 0 Å². The zero-order valence-corrected chi connectivity index (χ0v) is 16.9. The summed E-state index contributed by atoms with van der Waals surface area (Å²) in [6.07, 6.45) is 2.38. The number of hydrazone groups is 1. The van der Waals surface area contributed by atoms with Crippen molar-refractivity contribution in [1.82, 2.24) is 0 Å². The van der Waals surface area contributed by atoms with Crippen molar-refractivity contribution in [3.8, 4) is 0 Å². The Hall–Kier alpha value is -3.60. The fourth-order valence-electron chi connectivity index (χ4n) is 4.04. The molecule has 0 saturated heterocycles. The van der Waals surface area contributed by atoms with Crippen LogP contribution in [0.25, 0.3) is 5.70 Å². The highest BCUT2D eigenvalue weighted by molar-refractivity contribution is 5.92. The van der Waals surface area contributed by atoms with E-state index >= 15 is 0 Å². The predicted octanol–water partition coefficient (Wildman–Crippen LogP) is 4.90. The molecule has 1 aliphatic carbocycles. The summed E-state index contributed by atoms with van der Waals surface area (Å²) in [5, 5.41) is 7.00. The Morgan fingerprint density at radius 3 is 2.63 bits per heavy atom. The SMILES string of the molecule is Cc1ccc(F)c(CNc2ccc(C3CC(C=NN)=C(N)c4ccccc43)cc2)c1. The van der Waals surface area contributed by atoms with Crippen LogP contribution in [0.2, 0.25) is 0 Å². The zero-order chi connectivity index (χ0) is 21.1. The number of anilines is 1. The molecule has 3 aromatic rings. The molecule has 4 nitrogen and oxygen atoms in total. The minimum absolute atomic E-state index is 0.171. The van der Waals surface area contributed by atoms with Crippen LogP contribution in [0.4, 0.5) is 10.1 Å². The van der Waals surface area contributed by atoms with Gasteiger partial charge < -0.3 is 16.9 Å². The predicted molar refractivity (Wildman–Crippen MR) is 122 cm³/mol. The smallest absolute Gasteiger partial charge is 0.128 e. The van der Waals surface area contributed by atoms with Crippen LogP contribution in [0.15, 0.2) is 77.4 Å². The molecule has 1 aliphatic rings. The monoisotopic (exact) mass is 400 g/mol. The Kier molecular flexibility index (Phi) is 5.53. The van der Waals surface area contributed by atoms with E-state index in [4.69, 9.17) is 11.6 Å². The summed E-state index contributed by atoms with van der Waals surface area (Å²) in [5.41, 5.74) is 14.1. The van der Waals surface area contributed by atoms with Crippen molar-refractivity contribution < 1.29 is 4.39 Å². The highest BCUT2D eigenvalue weighted by atomic mass is 19.1. The lowest BCUT2D eigenvalue weighted by molar-refractivity contribution is 0.612. The van der Waals surface area contributed by atoms with Crippen LogP contribution in [-0.4, -0.2) is 6.21 Å². The number of halogens is 1. The van der Waals surface area contributed by atoms with E-state index in [0.717, 1.165) is 34.5 Å². The van der Waals surface area contributed by atoms with Crippen molar-refractivity contribution in [3.63, 3.8) is 0 Å². The van der Waals surface area contributed by atoms with Crippen molar-refractivity contribution in [2.75, 3.05) is 5.32 Å². The van der Waals surface area contributed by atoms with E-state index in [2.05, 4.69) is 28.6 Å². The molecule has 3 aromatic carbocycles. The third kappa shape index (κ3) is 3.92. The quantitative estimate of drug-likeness (QED) is 0.324. The van der Waals surface area contributed by atoms with Crippen LogP contribution in [0.3, 0.4) is 0 Å². The molecule has 1 atom stereocenters. The average molecular weight is 401 g/mol. The fourth-order valence-corrected chi connectivity index (χ4v) is 4.04. The minimum atomic E-state index is -0.193. The first kappa shape index (κ1) is 19.7. The molecule has 0 spiro atoms. The van der Waals surface area contributed by atoms with E-state index < -0.39 is 0 Å². The van der Waals surface area contributed by atoms with Crippen LogP contribution < -0.4 is 16.9 Å². The fraction of sp³-hybridized carbons (Fsp3) is 0.160. The molecule has 1 unspecified atom stereocenters. The Labute approximate surface area is 176 Å². The Morgan fingerprint density at radius 1 is 1.10 bits per heavy atom. The molecule has 152 valence electrons. The van der Waals surface area contributed by atoms with E-state index in [-0.39, 0.29) is 11.7 Å². The van der Waals surface area contributed by atoms with Crippen molar-refractivity contribution in [3.05, 3.63) is 106 Å². The molecule has 0 amide bonds. The summed E-state index contributed by atoms with van der Waals surface area (Å²) in [6, 6.07) is 21.6. The van der Waals surface area contributed by atoms with Gasteiger partial charge in [-0.2, -0.15) is 5.10 Å². The van der Waals surface area contributed by atoms with E-state index in [0.29, 0.717) is 12.1 Å². The van der Waals surface area contributed by atoms with Gasteiger partial charge in [0, 0.05) is 35.0 Å². The van der Waals surface area contributed by atoms with Crippen LogP contribution in [-0.2, 0) is 6.54 Å². The molecule has 5 N–H and O–H groups in total. The maximum Gasteiger partial charge on any atom is 0.128 e. The number of allylic oxidation sites excluding steroid dienone is 1. The van der Waals surface area contributed by atoms with Crippen molar-refractivity contribution in [2.45, 2.75) is 25.8 Å². The van der Waals surface area contributed by atoms with Gasteiger partial charge in [-0.05, 0) is 48.2 Å². The first-order valence-electron chi connectivity index (χ1n) is 9.97. The first-order valence-corrected chi connectivity index (χ1v) is 9.97. The largest absolute Gasteiger partial charge is 0.398 e. The van der Waals surface area contributed by atoms with Gasteiger partial charge in [0.2, 0.25) is 0 Å². The summed E-state index contributed by atoms with van der Waals surface area (Å²) < 4.78 is 14.0. The van der Waals surface area contributed by atoms with E-state index in [1.165, 1.54) is 17.2 Å². The molecule has 0 saturated carbocycles. The average Bonchev–Trinajstić information content (AvgIpc) is 2.77. The Bertz CT molecular complexity index is 1120. The van der Waals surface area contributed by atoms with Gasteiger partial charge in [-0.15, -0.1) is 0 Å². The van der Waals surface area contributed by atoms with Gasteiger partial charge in [-0.25, -0.2) is 4.39 Å². The Balaban J connectivity index is 1.56. The van der Waals surface area contributed by atoms with E-state index in [1.807, 2.05) is 43.3 Å². The van der Waals surface area contributed by atoms with Crippen molar-refractivity contribution in [2.24, 2.45) is 16.7 Å². The van der Waals surface area contributed by atoms with E-state index in [9.17, 15) is 4.39 Å². The van der Waals surface area contributed by atoms with Gasteiger partial charge in [-0.3, -0.25) is 0 Å². The number of fused-ring (bicyclic) bond motifs is 1. The van der Waals surface area contributed by atoms with Crippen molar-refractivity contribution in [1.29, 1.82) is 0 Å². The highest BCUT2D eigenvalue weighted by Crippen LogP contribution is 2.40. The molecule has 0 aliphatic heterocycles. The second-order valence-corrected chi connectivity index (χ2v) is 7.63. The zero-order valence-electron chi connectivity index (χ0n) is 16.9. The molecule has 0 radical (unpaired) electrons. The number of rotatable bonds is 5. The summed E-state index contributed by atoms with van der Waals surface area (Å²) in [5.74, 6) is 5.37. The van der Waals surface area contributed by atoms with Crippen LogP contribution in [0, 0.1) is 12.7 Å². The minimum Gasteiger partial charge on any atom is -0.398 e. The number of nitrogens with zero attached hydrogens (tertiary/aromatic N) is 1. The normalized spacial score (nSPS) is 16.0. The highest BCUT2D eigenvalue weighted by Gasteiger charge is 2.25. The van der Waals surface area contributed by atoms with E-state index in [1.54, 1.807) is 12.3 Å². The number of hydrogen-bond donors (Lipinski definition) is 3. The van der Waals surface area contributed by atoms with Gasteiger partial charge in [0.25, 0.3) is 0 Å². The summed E-state index contributed by atoms with van der Waals surface area (Å²) >= 11 is 0. The molecule has 0 aromatic heterocycles. The lowest BCUT2D eigenvalue weighted by Gasteiger charge is -2.27. The summed E-state index contributed by atoms with van der Waals surface area (Å²) in [7, 11) is 0. The molecule has 5 heteroatoms. The standard InChI is InChI=1S/C25H25FN4/c1-16-6-11-24(26)18(12-16)14-29-20-9-7-17(8-10-20)23-13-19(15-30-28)25(27)22-5-3-2-4-21(22)23/h2-12,15,23,29H,13-14,27-28H2,1H3. The number of nitrogens with two attached hydrogens (primary N) is 2. The topological polar surface area (TPSA) is 76.4 Å². The molecular formula is C25H25FN4. The lowest BCUT2D eigenvalue weighted by atomic mass is 9.78. The number of nitrogens with one attached hydrogen (secondary N) is 1. The summed E-state index contributed by atoms with van der Waals surface area (Å²) in [4.78, 5) is 0. The summed E-state index contributed by atoms with van der Waals surface area (Å²) in [6.45, 7) is 2.40. The van der Waals surface area contributed by atoms with Crippen LogP contribution >= 0.6 is 0 Å². The van der Waals surface area contributed by atoms with Crippen LogP contribution in [0.1, 0.15) is 40.2 Å². The second kappa shape index (κ2) is 8.41.